The molecule has 5 heteroatoms. The van der Waals surface area contributed by atoms with Crippen molar-refractivity contribution in [2.45, 2.75) is 38.3 Å². The summed E-state index contributed by atoms with van der Waals surface area (Å²) in [7, 11) is 1.77. The highest BCUT2D eigenvalue weighted by Gasteiger charge is 2.25. The second-order valence-electron chi connectivity index (χ2n) is 3.85. The van der Waals surface area contributed by atoms with Crippen LogP contribution in [-0.4, -0.2) is 33.4 Å². The van der Waals surface area contributed by atoms with E-state index in [1.54, 1.807) is 18.1 Å². The Kier molecular flexibility index (Phi) is 3.08. The number of aromatic nitrogens is 4. The zero-order valence-corrected chi connectivity index (χ0v) is 8.46. The van der Waals surface area contributed by atoms with Gasteiger partial charge in [0.05, 0.1) is 12.6 Å². The minimum Gasteiger partial charge on any atom is -0.379 e. The molecule has 0 N–H and O–H groups in total. The number of ether oxygens (including phenoxy) is 1. The van der Waals surface area contributed by atoms with Crippen LogP contribution in [0.5, 0.6) is 0 Å². The SMILES string of the molecule is COC(Cn1cnnn1)C1CCCC1. The second kappa shape index (κ2) is 4.50. The number of nitrogens with zero attached hydrogens (tertiary/aromatic N) is 4. The summed E-state index contributed by atoms with van der Waals surface area (Å²) in [5.74, 6) is 0.684. The standard InChI is InChI=1S/C9H16N4O/c1-14-9(8-4-2-3-5-8)6-13-7-10-11-12-13/h7-9H,2-6H2,1H3. The quantitative estimate of drug-likeness (QED) is 0.717. The molecule has 1 saturated carbocycles. The summed E-state index contributed by atoms with van der Waals surface area (Å²) in [4.78, 5) is 0. The van der Waals surface area contributed by atoms with Crippen molar-refractivity contribution >= 4 is 0 Å². The fraction of sp³-hybridized carbons (Fsp3) is 0.889. The maximum atomic E-state index is 5.49. The number of hydrogen-bond donors (Lipinski definition) is 0. The van der Waals surface area contributed by atoms with Crippen molar-refractivity contribution < 1.29 is 4.74 Å². The Morgan fingerprint density at radius 1 is 1.50 bits per heavy atom. The molecule has 1 atom stereocenters. The van der Waals surface area contributed by atoms with E-state index in [4.69, 9.17) is 4.74 Å². The van der Waals surface area contributed by atoms with E-state index in [0.29, 0.717) is 5.92 Å². The summed E-state index contributed by atoms with van der Waals surface area (Å²) in [6, 6.07) is 0. The van der Waals surface area contributed by atoms with E-state index in [-0.39, 0.29) is 6.10 Å². The summed E-state index contributed by atoms with van der Waals surface area (Å²) in [6.07, 6.45) is 7.13. The minimum atomic E-state index is 0.265. The fourth-order valence-corrected chi connectivity index (χ4v) is 2.19. The lowest BCUT2D eigenvalue weighted by Crippen LogP contribution is -2.26. The summed E-state index contributed by atoms with van der Waals surface area (Å²) in [5, 5.41) is 11.1. The Labute approximate surface area is 83.4 Å². The third-order valence-electron chi connectivity index (χ3n) is 2.99. The topological polar surface area (TPSA) is 52.8 Å². The first kappa shape index (κ1) is 9.58. The lowest BCUT2D eigenvalue weighted by atomic mass is 10.0. The first-order valence-electron chi connectivity index (χ1n) is 5.13. The predicted octanol–water partition coefficient (Wildman–Crippen LogP) is 0.878. The zero-order chi connectivity index (χ0) is 9.80. The molecule has 2 rings (SSSR count). The molecule has 0 saturated heterocycles. The lowest BCUT2D eigenvalue weighted by Gasteiger charge is -2.21. The van der Waals surface area contributed by atoms with Crippen LogP contribution in [0.4, 0.5) is 0 Å². The van der Waals surface area contributed by atoms with Crippen LogP contribution in [-0.2, 0) is 11.3 Å². The van der Waals surface area contributed by atoms with Gasteiger partial charge in [-0.2, -0.15) is 0 Å². The van der Waals surface area contributed by atoms with E-state index in [0.717, 1.165) is 6.54 Å². The minimum absolute atomic E-state index is 0.265. The number of rotatable bonds is 4. The van der Waals surface area contributed by atoms with Crippen molar-refractivity contribution in [2.75, 3.05) is 7.11 Å². The van der Waals surface area contributed by atoms with Gasteiger partial charge in [-0.15, -0.1) is 5.10 Å². The van der Waals surface area contributed by atoms with Crippen LogP contribution in [0, 0.1) is 5.92 Å². The molecular weight excluding hydrogens is 180 g/mol. The maximum absolute atomic E-state index is 5.49. The Morgan fingerprint density at radius 3 is 2.86 bits per heavy atom. The Bertz CT molecular complexity index is 256. The molecule has 0 bridgehead atoms. The van der Waals surface area contributed by atoms with Crippen molar-refractivity contribution in [3.63, 3.8) is 0 Å². The van der Waals surface area contributed by atoms with Crippen LogP contribution in [0.15, 0.2) is 6.33 Å². The molecule has 0 radical (unpaired) electrons. The third kappa shape index (κ3) is 2.09. The van der Waals surface area contributed by atoms with E-state index in [2.05, 4.69) is 15.5 Å². The molecule has 1 unspecified atom stereocenters. The van der Waals surface area contributed by atoms with E-state index in [9.17, 15) is 0 Å². The summed E-state index contributed by atoms with van der Waals surface area (Å²) < 4.78 is 7.23. The monoisotopic (exact) mass is 196 g/mol. The van der Waals surface area contributed by atoms with Gasteiger partial charge in [0, 0.05) is 7.11 Å². The van der Waals surface area contributed by atoms with E-state index < -0.39 is 0 Å². The molecule has 14 heavy (non-hydrogen) atoms. The highest BCUT2D eigenvalue weighted by Crippen LogP contribution is 2.29. The first-order valence-corrected chi connectivity index (χ1v) is 5.13. The molecule has 1 aliphatic carbocycles. The second-order valence-corrected chi connectivity index (χ2v) is 3.85. The highest BCUT2D eigenvalue weighted by atomic mass is 16.5. The molecule has 1 aromatic heterocycles. The van der Waals surface area contributed by atoms with Crippen LogP contribution < -0.4 is 0 Å². The van der Waals surface area contributed by atoms with Gasteiger partial charge < -0.3 is 4.74 Å². The average Bonchev–Trinajstić information content (AvgIpc) is 2.86. The van der Waals surface area contributed by atoms with Gasteiger partial charge in [-0.1, -0.05) is 12.8 Å². The molecule has 78 valence electrons. The zero-order valence-electron chi connectivity index (χ0n) is 8.46. The van der Waals surface area contributed by atoms with Crippen LogP contribution in [0.2, 0.25) is 0 Å². The van der Waals surface area contributed by atoms with Gasteiger partial charge in [-0.05, 0) is 29.2 Å². The van der Waals surface area contributed by atoms with Gasteiger partial charge >= 0.3 is 0 Å². The van der Waals surface area contributed by atoms with Crippen LogP contribution in [0.3, 0.4) is 0 Å². The van der Waals surface area contributed by atoms with Crippen molar-refractivity contribution in [3.8, 4) is 0 Å². The van der Waals surface area contributed by atoms with Crippen LogP contribution >= 0.6 is 0 Å². The van der Waals surface area contributed by atoms with Crippen molar-refractivity contribution in [2.24, 2.45) is 5.92 Å². The third-order valence-corrected chi connectivity index (χ3v) is 2.99. The maximum Gasteiger partial charge on any atom is 0.138 e. The van der Waals surface area contributed by atoms with Gasteiger partial charge in [0.1, 0.15) is 6.33 Å². The van der Waals surface area contributed by atoms with E-state index in [1.807, 2.05) is 0 Å². The number of hydrogen-bond acceptors (Lipinski definition) is 4. The molecular formula is C9H16N4O. The Hall–Kier alpha value is -0.970. The van der Waals surface area contributed by atoms with Gasteiger partial charge in [0.15, 0.2) is 0 Å². The molecule has 0 aliphatic heterocycles. The van der Waals surface area contributed by atoms with E-state index >= 15 is 0 Å². The smallest absolute Gasteiger partial charge is 0.138 e. The Morgan fingerprint density at radius 2 is 2.29 bits per heavy atom. The van der Waals surface area contributed by atoms with Crippen molar-refractivity contribution in [1.29, 1.82) is 0 Å². The van der Waals surface area contributed by atoms with Crippen LogP contribution in [0.25, 0.3) is 0 Å². The van der Waals surface area contributed by atoms with Gasteiger partial charge in [0.2, 0.25) is 0 Å². The van der Waals surface area contributed by atoms with Crippen molar-refractivity contribution in [3.05, 3.63) is 6.33 Å². The molecule has 1 aliphatic rings. The normalized spacial score (nSPS) is 20.1. The van der Waals surface area contributed by atoms with Crippen molar-refractivity contribution in [1.82, 2.24) is 20.2 Å². The lowest BCUT2D eigenvalue weighted by molar-refractivity contribution is 0.0377. The molecule has 1 aromatic rings. The molecule has 1 fully saturated rings. The largest absolute Gasteiger partial charge is 0.379 e. The van der Waals surface area contributed by atoms with Crippen LogP contribution in [0.1, 0.15) is 25.7 Å². The number of tetrazole rings is 1. The molecule has 0 spiro atoms. The van der Waals surface area contributed by atoms with Gasteiger partial charge in [0.25, 0.3) is 0 Å². The molecule has 0 aromatic carbocycles. The molecule has 1 heterocycles. The average molecular weight is 196 g/mol. The molecule has 0 amide bonds. The summed E-state index contributed by atoms with van der Waals surface area (Å²) >= 11 is 0. The van der Waals surface area contributed by atoms with Gasteiger partial charge in [-0.3, -0.25) is 0 Å². The number of methoxy groups -OCH3 is 1. The first-order chi connectivity index (χ1) is 6.90. The Balaban J connectivity index is 1.92. The van der Waals surface area contributed by atoms with E-state index in [1.165, 1.54) is 25.7 Å². The van der Waals surface area contributed by atoms with Gasteiger partial charge in [-0.25, -0.2) is 4.68 Å². The molecule has 5 nitrogen and oxygen atoms in total. The highest BCUT2D eigenvalue weighted by molar-refractivity contribution is 4.75. The summed E-state index contributed by atoms with van der Waals surface area (Å²) in [5.41, 5.74) is 0. The predicted molar refractivity (Wildman–Crippen MR) is 50.6 cm³/mol. The fourth-order valence-electron chi connectivity index (χ4n) is 2.19. The summed E-state index contributed by atoms with van der Waals surface area (Å²) in [6.45, 7) is 0.772.